The molecule has 0 saturated heterocycles. The molecule has 0 unspecified atom stereocenters. The van der Waals surface area contributed by atoms with E-state index in [-0.39, 0.29) is 11.7 Å². The number of sulfone groups is 1. The molecule has 0 atom stereocenters. The number of para-hydroxylation sites is 2. The van der Waals surface area contributed by atoms with Gasteiger partial charge in [-0.25, -0.2) is 13.4 Å². The Bertz CT molecular complexity index is 943. The minimum atomic E-state index is -3.08. The fraction of sp³-hybridized carbons (Fsp3) is 0.176. The molecule has 7 heteroatoms. The zero-order valence-corrected chi connectivity index (χ0v) is 13.9. The van der Waals surface area contributed by atoms with Crippen LogP contribution in [-0.2, 0) is 22.1 Å². The second-order valence-electron chi connectivity index (χ2n) is 5.65. The predicted molar refractivity (Wildman–Crippen MR) is 92.3 cm³/mol. The lowest BCUT2D eigenvalue weighted by atomic mass is 10.1. The average molecular weight is 343 g/mol. The van der Waals surface area contributed by atoms with E-state index in [1.165, 1.54) is 6.26 Å². The molecular formula is C17H17N3O3S. The summed E-state index contributed by atoms with van der Waals surface area (Å²) in [6.07, 6.45) is 1.18. The number of hydrogen-bond donors (Lipinski definition) is 2. The van der Waals surface area contributed by atoms with Crippen molar-refractivity contribution in [2.24, 2.45) is 0 Å². The van der Waals surface area contributed by atoms with Crippen molar-refractivity contribution in [1.82, 2.24) is 15.3 Å². The predicted octanol–water partition coefficient (Wildman–Crippen LogP) is 2.04. The summed E-state index contributed by atoms with van der Waals surface area (Å²) in [7, 11) is -3.08. The molecule has 6 nitrogen and oxygen atoms in total. The van der Waals surface area contributed by atoms with Gasteiger partial charge in [0.05, 0.1) is 23.3 Å². The molecule has 124 valence electrons. The molecular weight excluding hydrogens is 326 g/mol. The van der Waals surface area contributed by atoms with E-state index in [0.717, 1.165) is 11.0 Å². The molecule has 1 amide bonds. The number of imidazole rings is 1. The minimum Gasteiger partial charge on any atom is -0.345 e. The van der Waals surface area contributed by atoms with Crippen LogP contribution < -0.4 is 5.32 Å². The summed E-state index contributed by atoms with van der Waals surface area (Å²) < 4.78 is 22.5. The largest absolute Gasteiger partial charge is 0.345 e. The summed E-state index contributed by atoms with van der Waals surface area (Å²) in [5.41, 5.74) is 2.91. The molecule has 0 spiro atoms. The first kappa shape index (κ1) is 16.2. The van der Waals surface area contributed by atoms with E-state index in [1.807, 2.05) is 24.3 Å². The number of nitrogens with one attached hydrogen (secondary N) is 2. The van der Waals surface area contributed by atoms with Crippen LogP contribution in [0.2, 0.25) is 0 Å². The van der Waals surface area contributed by atoms with Gasteiger partial charge in [-0.15, -0.1) is 0 Å². The third kappa shape index (κ3) is 3.99. The van der Waals surface area contributed by atoms with Gasteiger partial charge in [-0.05, 0) is 29.8 Å². The summed E-state index contributed by atoms with van der Waals surface area (Å²) >= 11 is 0. The Morgan fingerprint density at radius 3 is 2.50 bits per heavy atom. The molecule has 0 bridgehead atoms. The molecule has 0 fully saturated rings. The van der Waals surface area contributed by atoms with E-state index < -0.39 is 9.84 Å². The quantitative estimate of drug-likeness (QED) is 0.741. The first-order valence-corrected chi connectivity index (χ1v) is 9.45. The van der Waals surface area contributed by atoms with Gasteiger partial charge in [-0.3, -0.25) is 4.79 Å². The highest BCUT2D eigenvalue weighted by molar-refractivity contribution is 7.89. The lowest BCUT2D eigenvalue weighted by Crippen LogP contribution is -2.23. The fourth-order valence-corrected chi connectivity index (χ4v) is 3.21. The van der Waals surface area contributed by atoms with Gasteiger partial charge < -0.3 is 10.3 Å². The van der Waals surface area contributed by atoms with Crippen molar-refractivity contribution >= 4 is 26.8 Å². The van der Waals surface area contributed by atoms with Crippen LogP contribution >= 0.6 is 0 Å². The van der Waals surface area contributed by atoms with Crippen LogP contribution in [0.4, 0.5) is 0 Å². The van der Waals surface area contributed by atoms with Crippen molar-refractivity contribution in [2.75, 3.05) is 6.26 Å². The number of H-pyrrole nitrogens is 1. The number of nitrogens with zero attached hydrogens (tertiary/aromatic N) is 1. The molecule has 0 aliphatic carbocycles. The minimum absolute atomic E-state index is 0.0338. The summed E-state index contributed by atoms with van der Waals surface area (Å²) in [4.78, 5) is 19.7. The zero-order valence-electron chi connectivity index (χ0n) is 13.1. The molecule has 1 aromatic heterocycles. The third-order valence-electron chi connectivity index (χ3n) is 3.50. The van der Waals surface area contributed by atoms with Crippen molar-refractivity contribution in [3.63, 3.8) is 0 Å². The van der Waals surface area contributed by atoms with E-state index in [1.54, 1.807) is 24.3 Å². The number of aromatic amines is 1. The molecule has 0 radical (unpaired) electrons. The van der Waals surface area contributed by atoms with Gasteiger partial charge in [-0.1, -0.05) is 24.3 Å². The van der Waals surface area contributed by atoms with Crippen LogP contribution in [0.1, 0.15) is 21.7 Å². The van der Waals surface area contributed by atoms with Gasteiger partial charge in [0.15, 0.2) is 9.84 Å². The number of hydrogen-bond acceptors (Lipinski definition) is 4. The lowest BCUT2D eigenvalue weighted by molar-refractivity contribution is 0.0950. The highest BCUT2D eigenvalue weighted by Gasteiger charge is 2.09. The third-order valence-corrected chi connectivity index (χ3v) is 4.36. The number of carbonyl (C=O) groups is 1. The van der Waals surface area contributed by atoms with Gasteiger partial charge in [0.25, 0.3) is 5.91 Å². The second kappa shape index (κ2) is 6.45. The Hall–Kier alpha value is -2.67. The van der Waals surface area contributed by atoms with Crippen LogP contribution in [0.3, 0.4) is 0 Å². The maximum absolute atomic E-state index is 12.2. The second-order valence-corrected chi connectivity index (χ2v) is 7.79. The van der Waals surface area contributed by atoms with Crippen LogP contribution in [0, 0.1) is 0 Å². The Morgan fingerprint density at radius 1 is 1.12 bits per heavy atom. The van der Waals surface area contributed by atoms with Crippen LogP contribution in [0.15, 0.2) is 48.5 Å². The van der Waals surface area contributed by atoms with Gasteiger partial charge in [-0.2, -0.15) is 0 Å². The summed E-state index contributed by atoms with van der Waals surface area (Å²) in [6, 6.07) is 14.2. The maximum atomic E-state index is 12.2. The van der Waals surface area contributed by atoms with E-state index >= 15 is 0 Å². The number of benzene rings is 2. The normalized spacial score (nSPS) is 11.5. The van der Waals surface area contributed by atoms with Crippen molar-refractivity contribution < 1.29 is 13.2 Å². The highest BCUT2D eigenvalue weighted by Crippen LogP contribution is 2.11. The smallest absolute Gasteiger partial charge is 0.251 e. The molecule has 2 N–H and O–H groups in total. The summed E-state index contributed by atoms with van der Waals surface area (Å²) in [5.74, 6) is 0.410. The first-order valence-electron chi connectivity index (χ1n) is 7.39. The van der Waals surface area contributed by atoms with E-state index in [2.05, 4.69) is 15.3 Å². The fourth-order valence-electron chi connectivity index (χ4n) is 2.41. The Morgan fingerprint density at radius 2 is 1.83 bits per heavy atom. The van der Waals surface area contributed by atoms with Crippen molar-refractivity contribution in [1.29, 1.82) is 0 Å². The molecule has 0 aliphatic rings. The number of aromatic nitrogens is 2. The molecule has 2 aromatic carbocycles. The Labute approximate surface area is 139 Å². The molecule has 3 aromatic rings. The summed E-state index contributed by atoms with van der Waals surface area (Å²) in [5, 5.41) is 2.79. The standard InChI is InChI=1S/C17H17N3O3S/c1-24(22,23)11-12-6-8-13(9-7-12)17(21)18-10-16-19-14-4-2-3-5-15(14)20-16/h2-9H,10-11H2,1H3,(H,18,21)(H,19,20). The van der Waals surface area contributed by atoms with E-state index in [9.17, 15) is 13.2 Å². The topological polar surface area (TPSA) is 91.9 Å². The molecule has 0 aliphatic heterocycles. The van der Waals surface area contributed by atoms with Crippen LogP contribution in [0.25, 0.3) is 11.0 Å². The van der Waals surface area contributed by atoms with Crippen LogP contribution in [-0.4, -0.2) is 30.5 Å². The van der Waals surface area contributed by atoms with Gasteiger partial charge in [0, 0.05) is 11.8 Å². The Balaban J connectivity index is 1.64. The number of rotatable bonds is 5. The molecule has 3 rings (SSSR count). The molecule has 0 saturated carbocycles. The van der Waals surface area contributed by atoms with Gasteiger partial charge in [0.1, 0.15) is 5.82 Å². The van der Waals surface area contributed by atoms with E-state index in [0.29, 0.717) is 23.5 Å². The van der Waals surface area contributed by atoms with Crippen molar-refractivity contribution in [3.05, 3.63) is 65.5 Å². The average Bonchev–Trinajstić information content (AvgIpc) is 2.94. The maximum Gasteiger partial charge on any atom is 0.251 e. The monoisotopic (exact) mass is 343 g/mol. The van der Waals surface area contributed by atoms with Gasteiger partial charge >= 0.3 is 0 Å². The SMILES string of the molecule is CS(=O)(=O)Cc1ccc(C(=O)NCc2nc3ccccc3[nH]2)cc1. The molecule has 24 heavy (non-hydrogen) atoms. The number of amides is 1. The molecule has 1 heterocycles. The lowest BCUT2D eigenvalue weighted by Gasteiger charge is -2.05. The highest BCUT2D eigenvalue weighted by atomic mass is 32.2. The van der Waals surface area contributed by atoms with Crippen molar-refractivity contribution in [2.45, 2.75) is 12.3 Å². The van der Waals surface area contributed by atoms with Gasteiger partial charge in [0.2, 0.25) is 0 Å². The summed E-state index contributed by atoms with van der Waals surface area (Å²) in [6.45, 7) is 0.290. The van der Waals surface area contributed by atoms with Crippen molar-refractivity contribution in [3.8, 4) is 0 Å². The Kier molecular flexibility index (Phi) is 4.35. The van der Waals surface area contributed by atoms with E-state index in [4.69, 9.17) is 0 Å². The number of fused-ring (bicyclic) bond motifs is 1. The first-order chi connectivity index (χ1) is 11.4. The van der Waals surface area contributed by atoms with Crippen LogP contribution in [0.5, 0.6) is 0 Å². The number of carbonyl (C=O) groups excluding carboxylic acids is 1. The zero-order chi connectivity index (χ0) is 17.2.